The normalized spacial score (nSPS) is 12.8. The summed E-state index contributed by atoms with van der Waals surface area (Å²) in [7, 11) is -3.11. The van der Waals surface area contributed by atoms with E-state index >= 15 is 0 Å². The fourth-order valence-corrected chi connectivity index (χ4v) is 2.45. The van der Waals surface area contributed by atoms with Gasteiger partial charge in [0.05, 0.1) is 5.75 Å². The topological polar surface area (TPSA) is 72.5 Å². The first kappa shape index (κ1) is 14.5. The monoisotopic (exact) mass is 271 g/mol. The molecule has 0 aliphatic rings. The van der Waals surface area contributed by atoms with Crippen LogP contribution in [0.5, 0.6) is 0 Å². The highest BCUT2D eigenvalue weighted by Gasteiger charge is 2.13. The van der Waals surface area contributed by atoms with Crippen LogP contribution in [0.3, 0.4) is 0 Å². The number of amides is 1. The first-order valence-electron chi connectivity index (χ1n) is 5.52. The fraction of sp³-hybridized carbons (Fsp3) is 0.417. The number of ether oxygens (including phenoxy) is 1. The summed E-state index contributed by atoms with van der Waals surface area (Å²) in [6.07, 6.45) is 0.510. The molecule has 1 aromatic rings. The second kappa shape index (κ2) is 6.39. The van der Waals surface area contributed by atoms with Gasteiger partial charge in [-0.3, -0.25) is 0 Å². The summed E-state index contributed by atoms with van der Waals surface area (Å²) in [5, 5.41) is 2.47. The summed E-state index contributed by atoms with van der Waals surface area (Å²) < 4.78 is 27.0. The predicted molar refractivity (Wildman–Crippen MR) is 68.9 cm³/mol. The Bertz CT molecular complexity index is 484. The SMILES string of the molecule is C[C@H](CS(C)(=O)=O)NC(=O)OCc1ccccc1. The van der Waals surface area contributed by atoms with Crippen molar-refractivity contribution in [1.29, 1.82) is 0 Å². The van der Waals surface area contributed by atoms with Crippen LogP contribution in [0.1, 0.15) is 12.5 Å². The number of hydrogen-bond donors (Lipinski definition) is 1. The Morgan fingerprint density at radius 1 is 1.33 bits per heavy atom. The van der Waals surface area contributed by atoms with Gasteiger partial charge in [-0.2, -0.15) is 0 Å². The third-order valence-corrected chi connectivity index (χ3v) is 3.24. The van der Waals surface area contributed by atoms with E-state index in [1.807, 2.05) is 30.3 Å². The van der Waals surface area contributed by atoms with E-state index in [4.69, 9.17) is 4.74 Å². The molecule has 0 bridgehead atoms. The first-order valence-corrected chi connectivity index (χ1v) is 7.58. The van der Waals surface area contributed by atoms with Crippen molar-refractivity contribution in [1.82, 2.24) is 5.32 Å². The van der Waals surface area contributed by atoms with Gasteiger partial charge in [-0.05, 0) is 12.5 Å². The summed E-state index contributed by atoms with van der Waals surface area (Å²) in [4.78, 5) is 11.4. The lowest BCUT2D eigenvalue weighted by Gasteiger charge is -2.12. The zero-order chi connectivity index (χ0) is 13.6. The molecule has 100 valence electrons. The second-order valence-electron chi connectivity index (χ2n) is 4.20. The smallest absolute Gasteiger partial charge is 0.407 e. The second-order valence-corrected chi connectivity index (χ2v) is 6.38. The highest BCUT2D eigenvalue weighted by Crippen LogP contribution is 2.01. The van der Waals surface area contributed by atoms with Crippen molar-refractivity contribution in [2.45, 2.75) is 19.6 Å². The quantitative estimate of drug-likeness (QED) is 0.877. The largest absolute Gasteiger partial charge is 0.445 e. The summed E-state index contributed by atoms with van der Waals surface area (Å²) in [6, 6.07) is 8.78. The molecule has 18 heavy (non-hydrogen) atoms. The van der Waals surface area contributed by atoms with Crippen LogP contribution in [0.4, 0.5) is 4.79 Å². The Balaban J connectivity index is 2.34. The van der Waals surface area contributed by atoms with E-state index in [1.165, 1.54) is 0 Å². The van der Waals surface area contributed by atoms with Gasteiger partial charge in [0, 0.05) is 12.3 Å². The Labute approximate surface area is 107 Å². The van der Waals surface area contributed by atoms with E-state index in [-0.39, 0.29) is 12.4 Å². The maximum Gasteiger partial charge on any atom is 0.407 e. The lowest BCUT2D eigenvalue weighted by molar-refractivity contribution is 0.137. The summed E-state index contributed by atoms with van der Waals surface area (Å²) in [6.45, 7) is 1.78. The fourth-order valence-electron chi connectivity index (χ4n) is 1.46. The van der Waals surface area contributed by atoms with Crippen LogP contribution in [-0.4, -0.2) is 32.6 Å². The molecule has 0 saturated carbocycles. The number of sulfone groups is 1. The number of benzene rings is 1. The van der Waals surface area contributed by atoms with Crippen molar-refractivity contribution in [3.63, 3.8) is 0 Å². The predicted octanol–water partition coefficient (Wildman–Crippen LogP) is 1.35. The molecule has 1 rings (SSSR count). The number of nitrogens with one attached hydrogen (secondary N) is 1. The van der Waals surface area contributed by atoms with E-state index in [1.54, 1.807) is 6.92 Å². The highest BCUT2D eigenvalue weighted by atomic mass is 32.2. The van der Waals surface area contributed by atoms with Crippen LogP contribution in [0.2, 0.25) is 0 Å². The lowest BCUT2D eigenvalue weighted by atomic mass is 10.2. The molecule has 0 spiro atoms. The summed E-state index contributed by atoms with van der Waals surface area (Å²) >= 11 is 0. The van der Waals surface area contributed by atoms with Gasteiger partial charge < -0.3 is 10.1 Å². The third-order valence-electron chi connectivity index (χ3n) is 2.13. The molecule has 0 aliphatic carbocycles. The van der Waals surface area contributed by atoms with E-state index in [0.29, 0.717) is 0 Å². The zero-order valence-electron chi connectivity index (χ0n) is 10.4. The minimum Gasteiger partial charge on any atom is -0.445 e. The van der Waals surface area contributed by atoms with E-state index in [0.717, 1.165) is 11.8 Å². The van der Waals surface area contributed by atoms with Crippen molar-refractivity contribution in [3.05, 3.63) is 35.9 Å². The van der Waals surface area contributed by atoms with Gasteiger partial charge in [0.15, 0.2) is 0 Å². The number of carbonyl (C=O) groups excluding carboxylic acids is 1. The van der Waals surface area contributed by atoms with Crippen LogP contribution in [0.25, 0.3) is 0 Å². The first-order chi connectivity index (χ1) is 8.37. The van der Waals surface area contributed by atoms with Crippen molar-refractivity contribution in [2.24, 2.45) is 0 Å². The van der Waals surface area contributed by atoms with Crippen molar-refractivity contribution in [3.8, 4) is 0 Å². The standard InChI is InChI=1S/C12H17NO4S/c1-10(9-18(2,15)16)13-12(14)17-8-11-6-4-3-5-7-11/h3-7,10H,8-9H2,1-2H3,(H,13,14)/t10-/m1/s1. The minimum atomic E-state index is -3.11. The molecule has 0 heterocycles. The molecule has 0 unspecified atom stereocenters. The average molecular weight is 271 g/mol. The molecule has 1 aromatic carbocycles. The van der Waals surface area contributed by atoms with Gasteiger partial charge in [-0.1, -0.05) is 30.3 Å². The van der Waals surface area contributed by atoms with Crippen LogP contribution in [-0.2, 0) is 21.2 Å². The lowest BCUT2D eigenvalue weighted by Crippen LogP contribution is -2.37. The summed E-state index contributed by atoms with van der Waals surface area (Å²) in [5.74, 6) is -0.104. The van der Waals surface area contributed by atoms with E-state index in [2.05, 4.69) is 5.32 Å². The maximum atomic E-state index is 11.4. The molecule has 1 atom stereocenters. The Hall–Kier alpha value is -1.56. The third kappa shape index (κ3) is 6.24. The molecule has 0 aliphatic heterocycles. The van der Waals surface area contributed by atoms with Gasteiger partial charge in [0.1, 0.15) is 16.4 Å². The maximum absolute atomic E-state index is 11.4. The Morgan fingerprint density at radius 3 is 2.50 bits per heavy atom. The number of carbonyl (C=O) groups is 1. The Kier molecular flexibility index (Phi) is 5.15. The van der Waals surface area contributed by atoms with Gasteiger partial charge in [-0.15, -0.1) is 0 Å². The van der Waals surface area contributed by atoms with E-state index < -0.39 is 22.0 Å². The van der Waals surface area contributed by atoms with Gasteiger partial charge in [0.2, 0.25) is 0 Å². The van der Waals surface area contributed by atoms with Crippen LogP contribution in [0, 0.1) is 0 Å². The molecule has 0 aromatic heterocycles. The van der Waals surface area contributed by atoms with E-state index in [9.17, 15) is 13.2 Å². The Morgan fingerprint density at radius 2 is 1.94 bits per heavy atom. The molecule has 5 nitrogen and oxygen atoms in total. The molecule has 0 saturated heterocycles. The van der Waals surface area contributed by atoms with Crippen LogP contribution < -0.4 is 5.32 Å². The van der Waals surface area contributed by atoms with Crippen molar-refractivity contribution >= 4 is 15.9 Å². The molecular weight excluding hydrogens is 254 g/mol. The number of hydrogen-bond acceptors (Lipinski definition) is 4. The molecular formula is C12H17NO4S. The molecule has 1 amide bonds. The van der Waals surface area contributed by atoms with Crippen molar-refractivity contribution < 1.29 is 17.9 Å². The molecule has 6 heteroatoms. The van der Waals surface area contributed by atoms with Gasteiger partial charge >= 0.3 is 6.09 Å². The molecule has 1 N–H and O–H groups in total. The van der Waals surface area contributed by atoms with Crippen LogP contribution in [0.15, 0.2) is 30.3 Å². The number of rotatable bonds is 5. The highest BCUT2D eigenvalue weighted by molar-refractivity contribution is 7.90. The van der Waals surface area contributed by atoms with Gasteiger partial charge in [0.25, 0.3) is 0 Å². The molecule has 0 fully saturated rings. The van der Waals surface area contributed by atoms with Crippen molar-refractivity contribution in [2.75, 3.05) is 12.0 Å². The summed E-state index contributed by atoms with van der Waals surface area (Å²) in [5.41, 5.74) is 0.878. The number of alkyl carbamates (subject to hydrolysis) is 1. The van der Waals surface area contributed by atoms with Crippen LogP contribution >= 0.6 is 0 Å². The molecule has 0 radical (unpaired) electrons. The van der Waals surface area contributed by atoms with Gasteiger partial charge in [-0.25, -0.2) is 13.2 Å². The minimum absolute atomic E-state index is 0.104. The zero-order valence-corrected chi connectivity index (χ0v) is 11.2. The average Bonchev–Trinajstić information content (AvgIpc) is 2.25.